The molecule has 0 aliphatic rings. The van der Waals surface area contributed by atoms with E-state index in [9.17, 15) is 14.9 Å². The topological polar surface area (TPSA) is 72.2 Å². The van der Waals surface area contributed by atoms with Gasteiger partial charge >= 0.3 is 0 Å². The number of nitrogens with zero attached hydrogens (tertiary/aromatic N) is 1. The summed E-state index contributed by atoms with van der Waals surface area (Å²) in [5, 5.41) is 12.9. The Labute approximate surface area is 80.9 Å². The highest BCUT2D eigenvalue weighted by molar-refractivity contribution is 5.94. The van der Waals surface area contributed by atoms with Crippen LogP contribution in [0.15, 0.2) is 24.3 Å². The van der Waals surface area contributed by atoms with Gasteiger partial charge in [-0.05, 0) is 19.1 Å². The van der Waals surface area contributed by atoms with E-state index in [2.05, 4.69) is 5.32 Å². The number of rotatable bonds is 3. The van der Waals surface area contributed by atoms with E-state index in [4.69, 9.17) is 0 Å². The number of carbonyl (C=O) groups excluding carboxylic acids is 1. The van der Waals surface area contributed by atoms with Crippen molar-refractivity contribution in [1.29, 1.82) is 0 Å². The minimum atomic E-state index is -0.499. The van der Waals surface area contributed by atoms with Crippen LogP contribution in [0.1, 0.15) is 17.3 Å². The number of nitro groups is 1. The lowest BCUT2D eigenvalue weighted by atomic mass is 10.2. The van der Waals surface area contributed by atoms with Gasteiger partial charge < -0.3 is 5.32 Å². The average Bonchev–Trinajstić information content (AvgIpc) is 2.18. The smallest absolute Gasteiger partial charge is 0.269 e. The lowest BCUT2D eigenvalue weighted by Gasteiger charge is -2.00. The number of nitrogens with one attached hydrogen (secondary N) is 1. The Morgan fingerprint density at radius 2 is 2.00 bits per heavy atom. The molecule has 0 aromatic heterocycles. The summed E-state index contributed by atoms with van der Waals surface area (Å²) in [5.41, 5.74) is 0.412. The van der Waals surface area contributed by atoms with Crippen LogP contribution in [0.25, 0.3) is 0 Å². The van der Waals surface area contributed by atoms with Gasteiger partial charge in [-0.1, -0.05) is 0 Å². The summed E-state index contributed by atoms with van der Waals surface area (Å²) in [6, 6.07) is 5.49. The van der Waals surface area contributed by atoms with Crippen LogP contribution < -0.4 is 5.32 Å². The molecule has 1 aromatic carbocycles. The largest absolute Gasteiger partial charge is 0.352 e. The lowest BCUT2D eigenvalue weighted by Crippen LogP contribution is -2.22. The molecule has 5 nitrogen and oxygen atoms in total. The molecular weight excluding hydrogens is 184 g/mol. The summed E-state index contributed by atoms with van der Waals surface area (Å²) in [4.78, 5) is 21.1. The summed E-state index contributed by atoms with van der Waals surface area (Å²) in [5.74, 6) is -0.220. The SMILES string of the molecule is CCNC(=O)c1ccc([N+](=O)[O-])cc1. The van der Waals surface area contributed by atoms with Gasteiger partial charge in [0, 0.05) is 24.2 Å². The Balaban J connectivity index is 2.83. The van der Waals surface area contributed by atoms with Crippen molar-refractivity contribution in [3.8, 4) is 0 Å². The molecule has 0 heterocycles. The van der Waals surface area contributed by atoms with E-state index in [-0.39, 0.29) is 11.6 Å². The van der Waals surface area contributed by atoms with Gasteiger partial charge in [-0.3, -0.25) is 14.9 Å². The van der Waals surface area contributed by atoms with Gasteiger partial charge in [-0.2, -0.15) is 0 Å². The molecule has 1 N–H and O–H groups in total. The van der Waals surface area contributed by atoms with Crippen LogP contribution in [-0.2, 0) is 0 Å². The second kappa shape index (κ2) is 4.36. The standard InChI is InChI=1S/C9H10N2O3/c1-2-10-9(12)7-3-5-8(6-4-7)11(13)14/h3-6H,2H2,1H3,(H,10,12). The molecule has 74 valence electrons. The van der Waals surface area contributed by atoms with E-state index in [1.165, 1.54) is 24.3 Å². The Kier molecular flexibility index (Phi) is 3.17. The molecule has 0 fully saturated rings. The summed E-state index contributed by atoms with van der Waals surface area (Å²) in [6.45, 7) is 2.35. The van der Waals surface area contributed by atoms with Gasteiger partial charge in [-0.25, -0.2) is 0 Å². The van der Waals surface area contributed by atoms with Gasteiger partial charge in [0.25, 0.3) is 11.6 Å². The molecule has 0 aliphatic heterocycles. The van der Waals surface area contributed by atoms with Crippen molar-refractivity contribution in [3.05, 3.63) is 39.9 Å². The third-order valence-electron chi connectivity index (χ3n) is 1.68. The number of benzene rings is 1. The molecule has 0 radical (unpaired) electrons. The molecule has 1 amide bonds. The summed E-state index contributed by atoms with van der Waals surface area (Å²) in [6.07, 6.45) is 0. The number of nitro benzene ring substituents is 1. The number of amides is 1. The van der Waals surface area contributed by atoms with E-state index >= 15 is 0 Å². The maximum absolute atomic E-state index is 11.2. The number of hydrogen-bond acceptors (Lipinski definition) is 3. The third-order valence-corrected chi connectivity index (χ3v) is 1.68. The molecule has 0 bridgehead atoms. The van der Waals surface area contributed by atoms with E-state index in [1.807, 2.05) is 6.92 Å². The van der Waals surface area contributed by atoms with Gasteiger partial charge in [-0.15, -0.1) is 0 Å². The zero-order chi connectivity index (χ0) is 10.6. The highest BCUT2D eigenvalue weighted by Crippen LogP contribution is 2.11. The van der Waals surface area contributed by atoms with Gasteiger partial charge in [0.05, 0.1) is 4.92 Å². The molecule has 5 heteroatoms. The van der Waals surface area contributed by atoms with Crippen LogP contribution >= 0.6 is 0 Å². The van der Waals surface area contributed by atoms with Gasteiger partial charge in [0.2, 0.25) is 0 Å². The Hall–Kier alpha value is -1.91. The average molecular weight is 194 g/mol. The fourth-order valence-electron chi connectivity index (χ4n) is 0.997. The molecular formula is C9H10N2O3. The van der Waals surface area contributed by atoms with Crippen LogP contribution in [0.3, 0.4) is 0 Å². The summed E-state index contributed by atoms with van der Waals surface area (Å²) in [7, 11) is 0. The van der Waals surface area contributed by atoms with E-state index in [0.29, 0.717) is 12.1 Å². The van der Waals surface area contributed by atoms with Crippen molar-refractivity contribution < 1.29 is 9.72 Å². The summed E-state index contributed by atoms with van der Waals surface area (Å²) >= 11 is 0. The molecule has 1 rings (SSSR count). The van der Waals surface area contributed by atoms with Crippen LogP contribution in [0, 0.1) is 10.1 Å². The van der Waals surface area contributed by atoms with Crippen LogP contribution in [0.5, 0.6) is 0 Å². The summed E-state index contributed by atoms with van der Waals surface area (Å²) < 4.78 is 0. The molecule has 0 saturated heterocycles. The fourth-order valence-corrected chi connectivity index (χ4v) is 0.997. The van der Waals surface area contributed by atoms with Crippen molar-refractivity contribution in [1.82, 2.24) is 5.32 Å². The minimum absolute atomic E-state index is 0.0157. The zero-order valence-corrected chi connectivity index (χ0v) is 7.69. The van der Waals surface area contributed by atoms with E-state index in [0.717, 1.165) is 0 Å². The highest BCUT2D eigenvalue weighted by atomic mass is 16.6. The maximum atomic E-state index is 11.2. The van der Waals surface area contributed by atoms with Crippen molar-refractivity contribution in [2.45, 2.75) is 6.92 Å². The zero-order valence-electron chi connectivity index (χ0n) is 7.69. The predicted octanol–water partition coefficient (Wildman–Crippen LogP) is 1.34. The first-order chi connectivity index (χ1) is 6.65. The first-order valence-corrected chi connectivity index (χ1v) is 4.17. The Morgan fingerprint density at radius 1 is 1.43 bits per heavy atom. The van der Waals surface area contributed by atoms with Crippen molar-refractivity contribution in [3.63, 3.8) is 0 Å². The van der Waals surface area contributed by atoms with Gasteiger partial charge in [0.1, 0.15) is 0 Å². The van der Waals surface area contributed by atoms with Crippen LogP contribution in [0.4, 0.5) is 5.69 Å². The number of non-ortho nitro benzene ring substituents is 1. The lowest BCUT2D eigenvalue weighted by molar-refractivity contribution is -0.384. The molecule has 0 unspecified atom stereocenters. The molecule has 0 atom stereocenters. The first kappa shape index (κ1) is 10.2. The molecule has 14 heavy (non-hydrogen) atoms. The Bertz CT molecular complexity index is 346. The number of hydrogen-bond donors (Lipinski definition) is 1. The quantitative estimate of drug-likeness (QED) is 0.583. The predicted molar refractivity (Wildman–Crippen MR) is 51.1 cm³/mol. The normalized spacial score (nSPS) is 9.50. The molecule has 0 spiro atoms. The maximum Gasteiger partial charge on any atom is 0.269 e. The minimum Gasteiger partial charge on any atom is -0.352 e. The van der Waals surface area contributed by atoms with E-state index in [1.54, 1.807) is 0 Å². The van der Waals surface area contributed by atoms with Crippen LogP contribution in [0.2, 0.25) is 0 Å². The number of carbonyl (C=O) groups is 1. The highest BCUT2D eigenvalue weighted by Gasteiger charge is 2.07. The van der Waals surface area contributed by atoms with Crippen LogP contribution in [-0.4, -0.2) is 17.4 Å². The van der Waals surface area contributed by atoms with Crippen molar-refractivity contribution in [2.75, 3.05) is 6.54 Å². The third kappa shape index (κ3) is 2.29. The second-order valence-corrected chi connectivity index (χ2v) is 2.66. The van der Waals surface area contributed by atoms with Crippen molar-refractivity contribution in [2.24, 2.45) is 0 Å². The van der Waals surface area contributed by atoms with Crippen molar-refractivity contribution >= 4 is 11.6 Å². The Morgan fingerprint density at radius 3 is 2.43 bits per heavy atom. The first-order valence-electron chi connectivity index (χ1n) is 4.17. The van der Waals surface area contributed by atoms with Gasteiger partial charge in [0.15, 0.2) is 0 Å². The second-order valence-electron chi connectivity index (χ2n) is 2.66. The monoisotopic (exact) mass is 194 g/mol. The fraction of sp³-hybridized carbons (Fsp3) is 0.222. The molecule has 1 aromatic rings. The molecule has 0 aliphatic carbocycles. The van der Waals surface area contributed by atoms with E-state index < -0.39 is 4.92 Å². The molecule has 0 saturated carbocycles.